The first-order valence-electron chi connectivity index (χ1n) is 4.89. The number of benzene rings is 1. The number of rotatable bonds is 3. The highest BCUT2D eigenvalue weighted by Crippen LogP contribution is 2.38. The summed E-state index contributed by atoms with van der Waals surface area (Å²) in [6, 6.07) is 6.73. The van der Waals surface area contributed by atoms with Crippen LogP contribution in [0.5, 0.6) is 0 Å². The molecule has 0 radical (unpaired) electrons. The maximum atomic E-state index is 11.6. The summed E-state index contributed by atoms with van der Waals surface area (Å²) in [6.07, 6.45) is -0.372. The largest absolute Gasteiger partial charge is 0.481 e. The Morgan fingerprint density at radius 1 is 1.38 bits per heavy atom. The van der Waals surface area contributed by atoms with Gasteiger partial charge in [0.15, 0.2) is 5.60 Å². The Labute approximate surface area is 91.7 Å². The minimum Gasteiger partial charge on any atom is -0.481 e. The molecular formula is C11H11NO4. The SMILES string of the molecule is O=C(O)CCC1(O)C(=O)Nc2ccccc21. The molecule has 0 bridgehead atoms. The van der Waals surface area contributed by atoms with Gasteiger partial charge in [0.1, 0.15) is 0 Å². The van der Waals surface area contributed by atoms with Gasteiger partial charge in [-0.3, -0.25) is 9.59 Å². The van der Waals surface area contributed by atoms with Crippen LogP contribution in [0.25, 0.3) is 0 Å². The first-order chi connectivity index (χ1) is 7.54. The second kappa shape index (κ2) is 3.61. The molecule has 5 nitrogen and oxygen atoms in total. The molecule has 1 aromatic rings. The minimum atomic E-state index is -1.71. The summed E-state index contributed by atoms with van der Waals surface area (Å²) in [4.78, 5) is 22.1. The Hall–Kier alpha value is -1.88. The quantitative estimate of drug-likeness (QED) is 0.700. The molecule has 0 saturated carbocycles. The number of anilines is 1. The zero-order valence-electron chi connectivity index (χ0n) is 8.43. The Kier molecular flexibility index (Phi) is 2.40. The second-order valence-electron chi connectivity index (χ2n) is 3.75. The van der Waals surface area contributed by atoms with E-state index in [4.69, 9.17) is 5.11 Å². The number of fused-ring (bicyclic) bond motifs is 1. The van der Waals surface area contributed by atoms with E-state index in [9.17, 15) is 14.7 Å². The van der Waals surface area contributed by atoms with Crippen LogP contribution >= 0.6 is 0 Å². The van der Waals surface area contributed by atoms with Gasteiger partial charge in [-0.1, -0.05) is 18.2 Å². The van der Waals surface area contributed by atoms with Crippen molar-refractivity contribution in [3.8, 4) is 0 Å². The minimum absolute atomic E-state index is 0.120. The Morgan fingerprint density at radius 2 is 2.06 bits per heavy atom. The molecule has 0 saturated heterocycles. The summed E-state index contributed by atoms with van der Waals surface area (Å²) in [5, 5.41) is 21.3. The number of para-hydroxylation sites is 1. The van der Waals surface area contributed by atoms with E-state index in [1.807, 2.05) is 0 Å². The van der Waals surface area contributed by atoms with Gasteiger partial charge in [0.2, 0.25) is 0 Å². The highest BCUT2D eigenvalue weighted by molar-refractivity contribution is 6.05. The van der Waals surface area contributed by atoms with Crippen molar-refractivity contribution in [3.63, 3.8) is 0 Å². The van der Waals surface area contributed by atoms with Crippen LogP contribution in [0.4, 0.5) is 5.69 Å². The molecule has 0 spiro atoms. The van der Waals surface area contributed by atoms with Crippen LogP contribution in [-0.4, -0.2) is 22.1 Å². The molecule has 1 unspecified atom stereocenters. The van der Waals surface area contributed by atoms with Crippen molar-refractivity contribution in [1.29, 1.82) is 0 Å². The zero-order chi connectivity index (χ0) is 11.8. The van der Waals surface area contributed by atoms with Crippen LogP contribution in [0, 0.1) is 0 Å². The summed E-state index contributed by atoms with van der Waals surface area (Å²) in [5.41, 5.74) is -0.726. The van der Waals surface area contributed by atoms with E-state index in [0.717, 1.165) is 0 Å². The fourth-order valence-electron chi connectivity index (χ4n) is 1.84. The fraction of sp³-hybridized carbons (Fsp3) is 0.273. The van der Waals surface area contributed by atoms with Crippen molar-refractivity contribution in [2.45, 2.75) is 18.4 Å². The number of amides is 1. The first kappa shape index (κ1) is 10.6. The van der Waals surface area contributed by atoms with Gasteiger partial charge in [-0.25, -0.2) is 0 Å². The normalized spacial score (nSPS) is 22.7. The second-order valence-corrected chi connectivity index (χ2v) is 3.75. The van der Waals surface area contributed by atoms with Crippen LogP contribution in [0.1, 0.15) is 18.4 Å². The lowest BCUT2D eigenvalue weighted by Gasteiger charge is -2.19. The molecule has 1 heterocycles. The van der Waals surface area contributed by atoms with E-state index in [0.29, 0.717) is 11.3 Å². The number of carbonyl (C=O) groups is 2. The standard InChI is InChI=1S/C11H11NO4/c13-9(14)5-6-11(16)7-3-1-2-4-8(7)12-10(11)15/h1-4,16H,5-6H2,(H,12,15)(H,13,14). The Balaban J connectivity index is 2.33. The number of aliphatic carboxylic acids is 1. The third kappa shape index (κ3) is 1.55. The van der Waals surface area contributed by atoms with Crippen molar-refractivity contribution >= 4 is 17.6 Å². The number of carboxylic acid groups (broad SMARTS) is 1. The number of carbonyl (C=O) groups excluding carboxylic acids is 1. The predicted octanol–water partition coefficient (Wildman–Crippen LogP) is 0.691. The molecule has 1 amide bonds. The number of hydrogen-bond acceptors (Lipinski definition) is 3. The molecule has 16 heavy (non-hydrogen) atoms. The molecule has 1 aliphatic rings. The van der Waals surface area contributed by atoms with E-state index >= 15 is 0 Å². The number of aliphatic hydroxyl groups is 1. The molecule has 0 aromatic heterocycles. The third-order valence-electron chi connectivity index (χ3n) is 2.70. The molecule has 3 N–H and O–H groups in total. The van der Waals surface area contributed by atoms with Crippen molar-refractivity contribution in [2.75, 3.05) is 5.32 Å². The topological polar surface area (TPSA) is 86.6 Å². The smallest absolute Gasteiger partial charge is 0.303 e. The first-order valence-corrected chi connectivity index (χ1v) is 4.89. The summed E-state index contributed by atoms with van der Waals surface area (Å²) in [7, 11) is 0. The Morgan fingerprint density at radius 3 is 2.75 bits per heavy atom. The van der Waals surface area contributed by atoms with Gasteiger partial charge in [-0.2, -0.15) is 0 Å². The van der Waals surface area contributed by atoms with E-state index in [1.54, 1.807) is 24.3 Å². The maximum Gasteiger partial charge on any atom is 0.303 e. The third-order valence-corrected chi connectivity index (χ3v) is 2.70. The number of hydrogen-bond donors (Lipinski definition) is 3. The summed E-state index contributed by atoms with van der Waals surface area (Å²) < 4.78 is 0. The molecule has 1 atom stereocenters. The van der Waals surface area contributed by atoms with Gasteiger partial charge in [-0.05, 0) is 12.5 Å². The van der Waals surface area contributed by atoms with Crippen molar-refractivity contribution in [2.24, 2.45) is 0 Å². The van der Waals surface area contributed by atoms with E-state index < -0.39 is 17.5 Å². The highest BCUT2D eigenvalue weighted by atomic mass is 16.4. The average Bonchev–Trinajstić information content (AvgIpc) is 2.50. The fourth-order valence-corrected chi connectivity index (χ4v) is 1.84. The zero-order valence-corrected chi connectivity index (χ0v) is 8.43. The molecular weight excluding hydrogens is 210 g/mol. The average molecular weight is 221 g/mol. The lowest BCUT2D eigenvalue weighted by molar-refractivity contribution is -0.141. The lowest BCUT2D eigenvalue weighted by atomic mass is 9.90. The predicted molar refractivity (Wildman–Crippen MR) is 55.8 cm³/mol. The molecule has 0 aliphatic carbocycles. The van der Waals surface area contributed by atoms with Gasteiger partial charge in [0, 0.05) is 17.7 Å². The van der Waals surface area contributed by atoms with Crippen LogP contribution < -0.4 is 5.32 Å². The van der Waals surface area contributed by atoms with Gasteiger partial charge < -0.3 is 15.5 Å². The maximum absolute atomic E-state index is 11.6. The van der Waals surface area contributed by atoms with Crippen LogP contribution in [0.15, 0.2) is 24.3 Å². The van der Waals surface area contributed by atoms with Crippen molar-refractivity contribution in [1.82, 2.24) is 0 Å². The van der Waals surface area contributed by atoms with Crippen LogP contribution in [0.3, 0.4) is 0 Å². The summed E-state index contributed by atoms with van der Waals surface area (Å²) >= 11 is 0. The van der Waals surface area contributed by atoms with Gasteiger partial charge in [0.05, 0.1) is 0 Å². The van der Waals surface area contributed by atoms with E-state index in [2.05, 4.69) is 5.32 Å². The highest BCUT2D eigenvalue weighted by Gasteiger charge is 2.44. The van der Waals surface area contributed by atoms with Crippen LogP contribution in [-0.2, 0) is 15.2 Å². The molecule has 1 aliphatic heterocycles. The monoisotopic (exact) mass is 221 g/mol. The van der Waals surface area contributed by atoms with Gasteiger partial charge in [-0.15, -0.1) is 0 Å². The number of carboxylic acids is 1. The van der Waals surface area contributed by atoms with Crippen molar-refractivity contribution < 1.29 is 19.8 Å². The van der Waals surface area contributed by atoms with Gasteiger partial charge in [0.25, 0.3) is 5.91 Å². The molecule has 5 heteroatoms. The Bertz CT molecular complexity index is 457. The van der Waals surface area contributed by atoms with E-state index in [-0.39, 0.29) is 12.8 Å². The van der Waals surface area contributed by atoms with E-state index in [1.165, 1.54) is 0 Å². The van der Waals surface area contributed by atoms with Gasteiger partial charge >= 0.3 is 5.97 Å². The molecule has 2 rings (SSSR count). The summed E-state index contributed by atoms with van der Waals surface area (Å²) in [5.74, 6) is -1.60. The summed E-state index contributed by atoms with van der Waals surface area (Å²) in [6.45, 7) is 0. The lowest BCUT2D eigenvalue weighted by Crippen LogP contribution is -2.34. The number of nitrogens with one attached hydrogen (secondary N) is 1. The molecule has 0 fully saturated rings. The molecule has 84 valence electrons. The van der Waals surface area contributed by atoms with Crippen molar-refractivity contribution in [3.05, 3.63) is 29.8 Å². The van der Waals surface area contributed by atoms with Crippen LogP contribution in [0.2, 0.25) is 0 Å². The molecule has 1 aromatic carbocycles.